The highest BCUT2D eigenvalue weighted by Gasteiger charge is 2.23. The van der Waals surface area contributed by atoms with Crippen molar-refractivity contribution < 1.29 is 5.11 Å². The molecule has 0 atom stereocenters. The molecule has 0 aromatic carbocycles. The Hall–Kier alpha value is 0.250. The van der Waals surface area contributed by atoms with Gasteiger partial charge in [-0.25, -0.2) is 0 Å². The van der Waals surface area contributed by atoms with Gasteiger partial charge in [0.15, 0.2) is 0 Å². The number of halogens is 1. The van der Waals surface area contributed by atoms with Gasteiger partial charge in [0.1, 0.15) is 0 Å². The zero-order valence-electron chi connectivity index (χ0n) is 17.1. The van der Waals surface area contributed by atoms with Crippen LogP contribution in [0.25, 0.3) is 0 Å². The number of aliphatic hydroxyl groups is 1. The summed E-state index contributed by atoms with van der Waals surface area (Å²) in [6.45, 7) is 6.66. The molecule has 0 spiro atoms. The van der Waals surface area contributed by atoms with E-state index < -0.39 is 0 Å². The van der Waals surface area contributed by atoms with E-state index in [1.165, 1.54) is 83.5 Å². The summed E-state index contributed by atoms with van der Waals surface area (Å²) in [5.74, 6) is 0. The molecule has 1 N–H and O–H groups in total. The summed E-state index contributed by atoms with van der Waals surface area (Å²) in [4.78, 5) is 0. The molecule has 0 fully saturated rings. The normalized spacial score (nSPS) is 11.5. The van der Waals surface area contributed by atoms with Gasteiger partial charge >= 0.3 is 0 Å². The lowest BCUT2D eigenvalue weighted by molar-refractivity contribution is 0.0105. The second kappa shape index (κ2) is 19.6. The van der Waals surface area contributed by atoms with Crippen molar-refractivity contribution in [3.8, 4) is 0 Å². The lowest BCUT2D eigenvalue weighted by Crippen LogP contribution is -2.28. The number of hydrogen-bond acceptors (Lipinski definition) is 1. The highest BCUT2D eigenvalue weighted by molar-refractivity contribution is 5.85. The second-order valence-corrected chi connectivity index (χ2v) is 7.72. The van der Waals surface area contributed by atoms with Crippen molar-refractivity contribution in [1.82, 2.24) is 0 Å². The fourth-order valence-corrected chi connectivity index (χ4v) is 3.78. The molecule has 0 saturated carbocycles. The van der Waals surface area contributed by atoms with E-state index in [4.69, 9.17) is 0 Å². The average Bonchev–Trinajstić information content (AvgIpc) is 2.52. The average molecular weight is 363 g/mol. The maximum atomic E-state index is 10.6. The number of unbranched alkanes of at least 4 members (excludes halogenated alkanes) is 12. The first-order chi connectivity index (χ1) is 11.2. The highest BCUT2D eigenvalue weighted by atomic mass is 35.5. The van der Waals surface area contributed by atoms with Crippen molar-refractivity contribution in [2.45, 2.75) is 142 Å². The lowest BCUT2D eigenvalue weighted by atomic mass is 9.87. The van der Waals surface area contributed by atoms with Crippen molar-refractivity contribution in [2.24, 2.45) is 0 Å². The molecule has 0 aromatic heterocycles. The van der Waals surface area contributed by atoms with E-state index >= 15 is 0 Å². The summed E-state index contributed by atoms with van der Waals surface area (Å²) < 4.78 is 0. The van der Waals surface area contributed by atoms with Gasteiger partial charge in [-0.05, 0) is 19.3 Å². The molecule has 0 aliphatic rings. The standard InChI is InChI=1S/C22H46O.ClH/c1-4-7-8-9-10-11-12-13-14-15-16-17-18-21-22(23,19-5-2)20-6-3;/h23H,4-21H2,1-3H3;1H. The van der Waals surface area contributed by atoms with E-state index in [-0.39, 0.29) is 18.0 Å². The maximum absolute atomic E-state index is 10.6. The first-order valence-corrected chi connectivity index (χ1v) is 10.9. The van der Waals surface area contributed by atoms with Crippen LogP contribution in [0, 0.1) is 0 Å². The van der Waals surface area contributed by atoms with Gasteiger partial charge in [-0.1, -0.05) is 117 Å². The zero-order chi connectivity index (χ0) is 17.2. The molecule has 0 rings (SSSR count). The van der Waals surface area contributed by atoms with Crippen LogP contribution in [0.4, 0.5) is 0 Å². The van der Waals surface area contributed by atoms with Crippen LogP contribution < -0.4 is 0 Å². The minimum Gasteiger partial charge on any atom is -0.390 e. The van der Waals surface area contributed by atoms with Crippen LogP contribution in [0.5, 0.6) is 0 Å². The summed E-state index contributed by atoms with van der Waals surface area (Å²) in [6.07, 6.45) is 23.4. The number of rotatable bonds is 18. The van der Waals surface area contributed by atoms with Crippen LogP contribution >= 0.6 is 12.4 Å². The van der Waals surface area contributed by atoms with E-state index in [1.54, 1.807) is 0 Å². The first-order valence-electron chi connectivity index (χ1n) is 10.9. The molecular formula is C22H47ClO. The van der Waals surface area contributed by atoms with E-state index in [9.17, 15) is 5.11 Å². The summed E-state index contributed by atoms with van der Waals surface area (Å²) in [6, 6.07) is 0. The molecule has 2 heteroatoms. The minimum atomic E-state index is -0.360. The van der Waals surface area contributed by atoms with Crippen molar-refractivity contribution >= 4 is 12.4 Å². The van der Waals surface area contributed by atoms with Crippen LogP contribution in [0.2, 0.25) is 0 Å². The third-order valence-electron chi connectivity index (χ3n) is 5.18. The van der Waals surface area contributed by atoms with Gasteiger partial charge in [-0.3, -0.25) is 0 Å². The topological polar surface area (TPSA) is 20.2 Å². The monoisotopic (exact) mass is 362 g/mol. The predicted octanol–water partition coefficient (Wildman–Crippen LogP) is 8.22. The molecule has 0 radical (unpaired) electrons. The van der Waals surface area contributed by atoms with Gasteiger partial charge in [0.25, 0.3) is 0 Å². The van der Waals surface area contributed by atoms with Crippen LogP contribution in [-0.4, -0.2) is 10.7 Å². The minimum absolute atomic E-state index is 0. The summed E-state index contributed by atoms with van der Waals surface area (Å²) in [5, 5.41) is 10.6. The van der Waals surface area contributed by atoms with Gasteiger partial charge in [0.2, 0.25) is 0 Å². The van der Waals surface area contributed by atoms with E-state index in [0.29, 0.717) is 0 Å². The van der Waals surface area contributed by atoms with Gasteiger partial charge in [0.05, 0.1) is 5.60 Å². The molecule has 24 heavy (non-hydrogen) atoms. The largest absolute Gasteiger partial charge is 0.390 e. The van der Waals surface area contributed by atoms with Crippen molar-refractivity contribution in [3.63, 3.8) is 0 Å². The van der Waals surface area contributed by atoms with Gasteiger partial charge in [-0.2, -0.15) is 0 Å². The predicted molar refractivity (Wildman–Crippen MR) is 112 cm³/mol. The van der Waals surface area contributed by atoms with Crippen LogP contribution in [-0.2, 0) is 0 Å². The van der Waals surface area contributed by atoms with E-state index in [2.05, 4.69) is 20.8 Å². The molecule has 0 saturated heterocycles. The second-order valence-electron chi connectivity index (χ2n) is 7.72. The smallest absolute Gasteiger partial charge is 0.0647 e. The first kappa shape index (κ1) is 26.5. The Labute approximate surface area is 159 Å². The third-order valence-corrected chi connectivity index (χ3v) is 5.18. The molecule has 0 unspecified atom stereocenters. The van der Waals surface area contributed by atoms with Crippen LogP contribution in [0.1, 0.15) is 136 Å². The van der Waals surface area contributed by atoms with Crippen molar-refractivity contribution in [2.75, 3.05) is 0 Å². The third kappa shape index (κ3) is 17.1. The Morgan fingerprint density at radius 3 is 1.12 bits per heavy atom. The molecular weight excluding hydrogens is 316 g/mol. The van der Waals surface area contributed by atoms with Crippen LogP contribution in [0.3, 0.4) is 0 Å². The molecule has 0 heterocycles. The van der Waals surface area contributed by atoms with Gasteiger partial charge < -0.3 is 5.11 Å². The van der Waals surface area contributed by atoms with Crippen molar-refractivity contribution in [1.29, 1.82) is 0 Å². The number of hydrogen-bond donors (Lipinski definition) is 1. The summed E-state index contributed by atoms with van der Waals surface area (Å²) >= 11 is 0. The van der Waals surface area contributed by atoms with Gasteiger partial charge in [-0.15, -0.1) is 12.4 Å². The molecule has 1 nitrogen and oxygen atoms in total. The Morgan fingerprint density at radius 1 is 0.458 bits per heavy atom. The maximum Gasteiger partial charge on any atom is 0.0647 e. The Balaban J connectivity index is 0. The fourth-order valence-electron chi connectivity index (χ4n) is 3.78. The fraction of sp³-hybridized carbons (Fsp3) is 1.00. The zero-order valence-corrected chi connectivity index (χ0v) is 17.9. The quantitative estimate of drug-likeness (QED) is 0.243. The Morgan fingerprint density at radius 2 is 0.792 bits per heavy atom. The SMILES string of the molecule is CCCCCCCCCCCCCCCC(O)(CCC)CCC.Cl. The van der Waals surface area contributed by atoms with Gasteiger partial charge in [0, 0.05) is 0 Å². The molecule has 0 bridgehead atoms. The Kier molecular flexibility index (Phi) is 21.6. The Bertz CT molecular complexity index is 224. The molecule has 148 valence electrons. The lowest BCUT2D eigenvalue weighted by Gasteiger charge is -2.27. The highest BCUT2D eigenvalue weighted by Crippen LogP contribution is 2.26. The molecule has 0 amide bonds. The van der Waals surface area contributed by atoms with E-state index in [1.807, 2.05) is 0 Å². The summed E-state index contributed by atoms with van der Waals surface area (Å²) in [7, 11) is 0. The van der Waals surface area contributed by atoms with Crippen molar-refractivity contribution in [3.05, 3.63) is 0 Å². The van der Waals surface area contributed by atoms with Crippen LogP contribution in [0.15, 0.2) is 0 Å². The summed E-state index contributed by atoms with van der Waals surface area (Å²) in [5.41, 5.74) is -0.360. The van der Waals surface area contributed by atoms with E-state index in [0.717, 1.165) is 32.1 Å². The molecule has 0 aromatic rings. The molecule has 0 aliphatic carbocycles. The molecule has 0 aliphatic heterocycles.